The minimum atomic E-state index is -4.84. The molecule has 6 rings (SSSR count). The topological polar surface area (TPSA) is 204 Å². The molecule has 0 aliphatic carbocycles. The molecule has 2 amide bonds. The van der Waals surface area contributed by atoms with Crippen LogP contribution in [0, 0.1) is 6.92 Å². The maximum Gasteiger partial charge on any atom is 0.573 e. The van der Waals surface area contributed by atoms with E-state index in [0.717, 1.165) is 34.0 Å². The Morgan fingerprint density at radius 3 is 1.36 bits per heavy atom. The van der Waals surface area contributed by atoms with Gasteiger partial charge in [0, 0.05) is 32.0 Å². The van der Waals surface area contributed by atoms with Gasteiger partial charge in [-0.2, -0.15) is 0 Å². The molecule has 6 aromatic rings. The third-order valence-corrected chi connectivity index (χ3v) is 11.5. The number of benzene rings is 4. The number of nitrogens with one attached hydrogen (secondary N) is 2. The lowest BCUT2D eigenvalue weighted by atomic mass is 10.0. The van der Waals surface area contributed by atoms with Gasteiger partial charge in [0.15, 0.2) is 24.8 Å². The van der Waals surface area contributed by atoms with Gasteiger partial charge in [-0.3, -0.25) is 19.2 Å². The number of carboxylic acids is 2. The van der Waals surface area contributed by atoms with Crippen LogP contribution in [0.2, 0.25) is 0 Å². The van der Waals surface area contributed by atoms with E-state index in [-0.39, 0.29) is 44.1 Å². The van der Waals surface area contributed by atoms with E-state index in [1.165, 1.54) is 89.4 Å². The van der Waals surface area contributed by atoms with Crippen LogP contribution in [0.4, 0.5) is 36.3 Å². The fourth-order valence-corrected chi connectivity index (χ4v) is 7.97. The minimum absolute atomic E-state index is 0.120. The molecule has 2 heterocycles. The SMILES string of the molecule is CCc1cc(C(=O)c2ccc(OC(F)(F)F)cc2)c(NC(=O)c2ccc(OCC(=O)O)c(C)c2)s1.CCc1cc(C(=O)c2ccc(OC(F)(F)F)cc2)c(NC(=O)c2cccc(OCC(=O)O)c2)s1. The average Bonchev–Trinajstić information content (AvgIpc) is 3.90. The van der Waals surface area contributed by atoms with Crippen molar-refractivity contribution in [2.24, 2.45) is 0 Å². The lowest BCUT2D eigenvalue weighted by Gasteiger charge is -2.10. The lowest BCUT2D eigenvalue weighted by Crippen LogP contribution is -2.17. The number of aliphatic carboxylic acids is 2. The standard InChI is InChI=1S/C24H20F3NO6S.C23H18F3NO6S/c1-3-17-11-18(21(31)14-4-7-16(8-5-14)34-24(25,26)27)23(35-17)28-22(32)15-6-9-19(13(2)10-15)33-12-20(29)30;1-2-17-11-18(20(30)13-6-8-15(9-7-13)33-23(24,25)26)22(34-17)27-21(31)14-4-3-5-16(10-14)32-12-19(28)29/h4-11H,3,12H2,1-2H3,(H,28,32)(H,29,30);3-11H,2,12H2,1H3,(H,27,31)(H,28,29). The fourth-order valence-electron chi connectivity index (χ4n) is 6.00. The molecule has 0 atom stereocenters. The molecule has 0 radical (unpaired) electrons. The molecule has 362 valence electrons. The van der Waals surface area contributed by atoms with Crippen molar-refractivity contribution in [2.45, 2.75) is 46.3 Å². The summed E-state index contributed by atoms with van der Waals surface area (Å²) in [5.41, 5.74) is 1.66. The van der Waals surface area contributed by atoms with Gasteiger partial charge in [0.25, 0.3) is 11.8 Å². The number of carbonyl (C=O) groups is 6. The normalized spacial score (nSPS) is 11.1. The van der Waals surface area contributed by atoms with Gasteiger partial charge in [-0.1, -0.05) is 19.9 Å². The first kappa shape index (κ1) is 52.3. The highest BCUT2D eigenvalue weighted by molar-refractivity contribution is 7.17. The second-order valence-electron chi connectivity index (χ2n) is 14.2. The van der Waals surface area contributed by atoms with Gasteiger partial charge in [-0.15, -0.1) is 49.0 Å². The molecule has 2 aromatic heterocycles. The summed E-state index contributed by atoms with van der Waals surface area (Å²) in [5, 5.41) is 23.4. The van der Waals surface area contributed by atoms with Crippen molar-refractivity contribution in [1.82, 2.24) is 0 Å². The van der Waals surface area contributed by atoms with E-state index in [1.807, 2.05) is 13.8 Å². The Hall–Kier alpha value is -7.72. The zero-order valence-corrected chi connectivity index (χ0v) is 37.8. The molecule has 14 nitrogen and oxygen atoms in total. The van der Waals surface area contributed by atoms with Gasteiger partial charge in [-0.05, 0) is 122 Å². The van der Waals surface area contributed by atoms with E-state index >= 15 is 0 Å². The highest BCUT2D eigenvalue weighted by Crippen LogP contribution is 2.34. The van der Waals surface area contributed by atoms with E-state index in [4.69, 9.17) is 19.7 Å². The Kier molecular flexibility index (Phi) is 17.3. The van der Waals surface area contributed by atoms with Crippen molar-refractivity contribution in [3.63, 3.8) is 0 Å². The van der Waals surface area contributed by atoms with Crippen LogP contribution >= 0.6 is 22.7 Å². The van der Waals surface area contributed by atoms with Crippen LogP contribution in [0.15, 0.2) is 103 Å². The van der Waals surface area contributed by atoms with E-state index in [1.54, 1.807) is 19.1 Å². The van der Waals surface area contributed by atoms with Gasteiger partial charge < -0.3 is 39.8 Å². The molecule has 4 aromatic carbocycles. The van der Waals surface area contributed by atoms with Crippen molar-refractivity contribution in [1.29, 1.82) is 0 Å². The first-order valence-electron chi connectivity index (χ1n) is 20.1. The van der Waals surface area contributed by atoms with E-state index in [9.17, 15) is 55.1 Å². The number of halogens is 6. The fraction of sp³-hybridized carbons (Fsp3) is 0.191. The molecule has 0 fully saturated rings. The van der Waals surface area contributed by atoms with Crippen LogP contribution in [0.1, 0.15) is 81.7 Å². The van der Waals surface area contributed by atoms with E-state index in [0.29, 0.717) is 29.2 Å². The third-order valence-electron chi connectivity index (χ3n) is 9.15. The molecule has 0 bridgehead atoms. The van der Waals surface area contributed by atoms with Crippen LogP contribution in [0.3, 0.4) is 0 Å². The summed E-state index contributed by atoms with van der Waals surface area (Å²) in [4.78, 5) is 74.7. The number of hydrogen-bond donors (Lipinski definition) is 4. The van der Waals surface area contributed by atoms with Crippen molar-refractivity contribution >= 4 is 68.0 Å². The Balaban J connectivity index is 0.000000258. The van der Waals surface area contributed by atoms with Gasteiger partial charge in [-0.25, -0.2) is 9.59 Å². The molecule has 0 unspecified atom stereocenters. The average molecular weight is 1000 g/mol. The van der Waals surface area contributed by atoms with Crippen LogP contribution in [-0.2, 0) is 22.4 Å². The Morgan fingerprint density at radius 2 is 0.957 bits per heavy atom. The Labute approximate surface area is 396 Å². The highest BCUT2D eigenvalue weighted by Gasteiger charge is 2.32. The maximum atomic E-state index is 13.1. The summed E-state index contributed by atoms with van der Waals surface area (Å²) in [7, 11) is 0. The zero-order chi connectivity index (χ0) is 50.6. The zero-order valence-electron chi connectivity index (χ0n) is 36.2. The molecule has 4 N–H and O–H groups in total. The van der Waals surface area contributed by atoms with E-state index < -0.39 is 72.8 Å². The Bertz CT molecular complexity index is 2840. The summed E-state index contributed by atoms with van der Waals surface area (Å²) in [6.45, 7) is 4.33. The summed E-state index contributed by atoms with van der Waals surface area (Å²) in [5.74, 6) is -4.69. The van der Waals surface area contributed by atoms with Gasteiger partial charge in [0.05, 0.1) is 11.1 Å². The molecule has 0 aliphatic rings. The number of rotatable bonds is 18. The summed E-state index contributed by atoms with van der Waals surface area (Å²) in [6, 6.07) is 22.6. The maximum absolute atomic E-state index is 13.1. The number of ketones is 2. The summed E-state index contributed by atoms with van der Waals surface area (Å²) < 4.78 is 92.1. The monoisotopic (exact) mass is 1000 g/mol. The number of hydrogen-bond acceptors (Lipinski definition) is 12. The number of carbonyl (C=O) groups excluding carboxylic acids is 4. The second-order valence-corrected chi connectivity index (χ2v) is 16.5. The molecule has 0 spiro atoms. The molecule has 0 saturated heterocycles. The van der Waals surface area contributed by atoms with Crippen LogP contribution in [0.25, 0.3) is 0 Å². The predicted molar refractivity (Wildman–Crippen MR) is 240 cm³/mol. The first-order valence-corrected chi connectivity index (χ1v) is 21.7. The highest BCUT2D eigenvalue weighted by atomic mass is 32.1. The summed E-state index contributed by atoms with van der Waals surface area (Å²) in [6.07, 6.45) is -8.49. The molecule has 69 heavy (non-hydrogen) atoms. The predicted octanol–water partition coefficient (Wildman–Crippen LogP) is 10.6. The first-order chi connectivity index (χ1) is 32.5. The van der Waals surface area contributed by atoms with Crippen molar-refractivity contribution in [2.75, 3.05) is 23.8 Å². The number of carboxylic acid groups (broad SMARTS) is 2. The van der Waals surface area contributed by atoms with Crippen molar-refractivity contribution in [3.05, 3.63) is 152 Å². The van der Waals surface area contributed by atoms with Crippen LogP contribution in [0.5, 0.6) is 23.0 Å². The Morgan fingerprint density at radius 1 is 0.536 bits per heavy atom. The smallest absolute Gasteiger partial charge is 0.482 e. The molecular formula is C47H38F6N2O12S2. The van der Waals surface area contributed by atoms with E-state index in [2.05, 4.69) is 20.1 Å². The van der Waals surface area contributed by atoms with Gasteiger partial charge in [0.1, 0.15) is 33.0 Å². The number of thiophene rings is 2. The molecule has 0 aliphatic heterocycles. The minimum Gasteiger partial charge on any atom is -0.482 e. The number of anilines is 2. The number of ether oxygens (including phenoxy) is 4. The third kappa shape index (κ3) is 15.4. The van der Waals surface area contributed by atoms with Crippen molar-refractivity contribution in [3.8, 4) is 23.0 Å². The largest absolute Gasteiger partial charge is 0.573 e. The number of amides is 2. The van der Waals surface area contributed by atoms with Crippen molar-refractivity contribution < 1.29 is 84.3 Å². The van der Waals surface area contributed by atoms with Crippen LogP contribution < -0.4 is 29.6 Å². The van der Waals surface area contributed by atoms with Gasteiger partial charge >= 0.3 is 24.7 Å². The molecule has 0 saturated carbocycles. The summed E-state index contributed by atoms with van der Waals surface area (Å²) >= 11 is 2.42. The van der Waals surface area contributed by atoms with Crippen LogP contribution in [-0.4, -0.2) is 71.5 Å². The second kappa shape index (κ2) is 22.9. The number of aryl methyl sites for hydroxylation is 3. The van der Waals surface area contributed by atoms with Gasteiger partial charge in [0.2, 0.25) is 0 Å². The lowest BCUT2D eigenvalue weighted by molar-refractivity contribution is -0.275. The number of alkyl halides is 6. The quantitative estimate of drug-likeness (QED) is 0.0469. The molecular weight excluding hydrogens is 963 g/mol. The molecule has 22 heteroatoms.